The molecule has 1 heterocycles. The highest BCUT2D eigenvalue weighted by Crippen LogP contribution is 2.21. The van der Waals surface area contributed by atoms with E-state index in [0.29, 0.717) is 19.4 Å². The van der Waals surface area contributed by atoms with Crippen LogP contribution in [0.15, 0.2) is 0 Å². The van der Waals surface area contributed by atoms with Gasteiger partial charge in [-0.05, 0) is 25.7 Å². The molecule has 0 aliphatic carbocycles. The lowest BCUT2D eigenvalue weighted by Gasteiger charge is -2.31. The highest BCUT2D eigenvalue weighted by atomic mass is 32.2. The fourth-order valence-electron chi connectivity index (χ4n) is 1.93. The molecule has 0 amide bonds. The zero-order valence-corrected chi connectivity index (χ0v) is 10.4. The largest absolute Gasteiger partial charge is 0.480 e. The molecule has 1 rings (SSSR count). The molecule has 0 spiro atoms. The molecule has 1 saturated heterocycles. The molecule has 1 aliphatic rings. The van der Waals surface area contributed by atoms with Gasteiger partial charge in [0.05, 0.1) is 5.75 Å². The first-order valence-electron chi connectivity index (χ1n) is 5.71. The molecule has 0 radical (unpaired) electrons. The molecule has 0 saturated carbocycles. The Balaban J connectivity index is 2.78. The van der Waals surface area contributed by atoms with Gasteiger partial charge in [0.2, 0.25) is 10.0 Å². The van der Waals surface area contributed by atoms with Crippen molar-refractivity contribution in [3.05, 3.63) is 0 Å². The van der Waals surface area contributed by atoms with Crippen molar-refractivity contribution in [2.75, 3.05) is 12.3 Å². The minimum absolute atomic E-state index is 0.0628. The Hall–Kier alpha value is -0.620. The maximum Gasteiger partial charge on any atom is 0.322 e. The molecule has 0 bridgehead atoms. The van der Waals surface area contributed by atoms with Crippen molar-refractivity contribution in [2.45, 2.75) is 45.1 Å². The number of hydrogen-bond donors (Lipinski definition) is 1. The second kappa shape index (κ2) is 5.63. The number of unbranched alkanes of at least 4 members (excludes halogenated alkanes) is 1. The van der Waals surface area contributed by atoms with E-state index in [4.69, 9.17) is 5.11 Å². The summed E-state index contributed by atoms with van der Waals surface area (Å²) >= 11 is 0. The first kappa shape index (κ1) is 13.4. The average Bonchev–Trinajstić information content (AvgIpc) is 2.26. The number of carboxylic acids is 1. The van der Waals surface area contributed by atoms with Crippen LogP contribution in [-0.4, -0.2) is 42.1 Å². The minimum atomic E-state index is -3.39. The van der Waals surface area contributed by atoms with E-state index in [-0.39, 0.29) is 5.75 Å². The summed E-state index contributed by atoms with van der Waals surface area (Å²) in [6, 6.07) is -0.851. The Morgan fingerprint density at radius 1 is 1.44 bits per heavy atom. The van der Waals surface area contributed by atoms with E-state index < -0.39 is 22.0 Å². The van der Waals surface area contributed by atoms with Gasteiger partial charge in [-0.25, -0.2) is 8.42 Å². The maximum absolute atomic E-state index is 11.9. The SMILES string of the molecule is CCCCS(=O)(=O)N1CCCC[C@@H]1C(=O)O. The van der Waals surface area contributed by atoms with Gasteiger partial charge in [0, 0.05) is 6.54 Å². The summed E-state index contributed by atoms with van der Waals surface area (Å²) in [5.41, 5.74) is 0. The Bertz CT molecular complexity index is 339. The minimum Gasteiger partial charge on any atom is -0.480 e. The predicted octanol–water partition coefficient (Wildman–Crippen LogP) is 1.06. The van der Waals surface area contributed by atoms with Crippen molar-refractivity contribution in [2.24, 2.45) is 0 Å². The van der Waals surface area contributed by atoms with E-state index in [0.717, 1.165) is 19.3 Å². The standard InChI is InChI=1S/C10H19NO4S/c1-2-3-8-16(14,15)11-7-5-4-6-9(11)10(12)13/h9H,2-8H2,1H3,(H,12,13)/t9-/m1/s1. The molecule has 6 heteroatoms. The fourth-order valence-corrected chi connectivity index (χ4v) is 3.81. The number of carboxylic acid groups (broad SMARTS) is 1. The topological polar surface area (TPSA) is 74.7 Å². The summed E-state index contributed by atoms with van der Waals surface area (Å²) in [7, 11) is -3.39. The summed E-state index contributed by atoms with van der Waals surface area (Å²) in [6.07, 6.45) is 3.36. The van der Waals surface area contributed by atoms with Gasteiger partial charge in [-0.1, -0.05) is 13.3 Å². The van der Waals surface area contributed by atoms with Crippen LogP contribution < -0.4 is 0 Å². The van der Waals surface area contributed by atoms with E-state index in [1.54, 1.807) is 0 Å². The van der Waals surface area contributed by atoms with Crippen molar-refractivity contribution in [3.63, 3.8) is 0 Å². The summed E-state index contributed by atoms with van der Waals surface area (Å²) < 4.78 is 25.0. The molecular formula is C10H19NO4S. The number of nitrogens with zero attached hydrogens (tertiary/aromatic N) is 1. The smallest absolute Gasteiger partial charge is 0.322 e. The van der Waals surface area contributed by atoms with Gasteiger partial charge in [0.25, 0.3) is 0 Å². The summed E-state index contributed by atoms with van der Waals surface area (Å²) in [5.74, 6) is -0.965. The van der Waals surface area contributed by atoms with Crippen LogP contribution in [-0.2, 0) is 14.8 Å². The lowest BCUT2D eigenvalue weighted by Crippen LogP contribution is -2.48. The van der Waals surface area contributed by atoms with E-state index >= 15 is 0 Å². The van der Waals surface area contributed by atoms with Gasteiger partial charge in [-0.2, -0.15) is 4.31 Å². The third-order valence-electron chi connectivity index (χ3n) is 2.85. The van der Waals surface area contributed by atoms with Crippen molar-refractivity contribution in [1.29, 1.82) is 0 Å². The highest BCUT2D eigenvalue weighted by Gasteiger charge is 2.35. The number of hydrogen-bond acceptors (Lipinski definition) is 3. The molecule has 94 valence electrons. The Labute approximate surface area is 96.5 Å². The summed E-state index contributed by atoms with van der Waals surface area (Å²) in [6.45, 7) is 2.27. The van der Waals surface area contributed by atoms with E-state index in [2.05, 4.69) is 0 Å². The molecule has 5 nitrogen and oxygen atoms in total. The lowest BCUT2D eigenvalue weighted by atomic mass is 10.1. The summed E-state index contributed by atoms with van der Waals surface area (Å²) in [4.78, 5) is 11.0. The fraction of sp³-hybridized carbons (Fsp3) is 0.900. The van der Waals surface area contributed by atoms with E-state index in [1.807, 2.05) is 6.92 Å². The molecule has 1 N–H and O–H groups in total. The first-order chi connectivity index (χ1) is 7.49. The van der Waals surface area contributed by atoms with Gasteiger partial charge in [0.1, 0.15) is 6.04 Å². The quantitative estimate of drug-likeness (QED) is 0.790. The average molecular weight is 249 g/mol. The third kappa shape index (κ3) is 3.18. The van der Waals surface area contributed by atoms with Crippen LogP contribution in [0, 0.1) is 0 Å². The number of sulfonamides is 1. The number of aliphatic carboxylic acids is 1. The number of rotatable bonds is 5. The normalized spacial score (nSPS) is 23.2. The first-order valence-corrected chi connectivity index (χ1v) is 7.32. The molecule has 0 aromatic carbocycles. The highest BCUT2D eigenvalue weighted by molar-refractivity contribution is 7.89. The molecule has 0 unspecified atom stereocenters. The Morgan fingerprint density at radius 2 is 2.12 bits per heavy atom. The molecule has 1 aliphatic heterocycles. The zero-order chi connectivity index (χ0) is 12.2. The number of piperidine rings is 1. The maximum atomic E-state index is 11.9. The van der Waals surface area contributed by atoms with Crippen LogP contribution in [0.4, 0.5) is 0 Å². The monoisotopic (exact) mass is 249 g/mol. The van der Waals surface area contributed by atoms with E-state index in [9.17, 15) is 13.2 Å². The Morgan fingerprint density at radius 3 is 2.69 bits per heavy atom. The van der Waals surface area contributed by atoms with Gasteiger partial charge in [0.15, 0.2) is 0 Å². The van der Waals surface area contributed by atoms with Crippen LogP contribution in [0.3, 0.4) is 0 Å². The van der Waals surface area contributed by atoms with Gasteiger partial charge in [-0.15, -0.1) is 0 Å². The molecule has 0 aromatic heterocycles. The van der Waals surface area contributed by atoms with Crippen LogP contribution in [0.1, 0.15) is 39.0 Å². The molecule has 1 atom stereocenters. The van der Waals surface area contributed by atoms with Crippen molar-refractivity contribution in [3.8, 4) is 0 Å². The van der Waals surface area contributed by atoms with E-state index in [1.165, 1.54) is 4.31 Å². The van der Waals surface area contributed by atoms with Crippen LogP contribution in [0.25, 0.3) is 0 Å². The van der Waals surface area contributed by atoms with Gasteiger partial charge >= 0.3 is 5.97 Å². The van der Waals surface area contributed by atoms with Crippen molar-refractivity contribution in [1.82, 2.24) is 4.31 Å². The summed E-state index contributed by atoms with van der Waals surface area (Å²) in [5, 5.41) is 8.99. The second-order valence-electron chi connectivity index (χ2n) is 4.13. The molecule has 0 aromatic rings. The van der Waals surface area contributed by atoms with Gasteiger partial charge < -0.3 is 5.11 Å². The van der Waals surface area contributed by atoms with Crippen LogP contribution >= 0.6 is 0 Å². The Kier molecular flexibility index (Phi) is 4.73. The molecular weight excluding hydrogens is 230 g/mol. The third-order valence-corrected chi connectivity index (χ3v) is 4.81. The molecule has 16 heavy (non-hydrogen) atoms. The van der Waals surface area contributed by atoms with Crippen molar-refractivity contribution >= 4 is 16.0 Å². The predicted molar refractivity (Wildman–Crippen MR) is 60.7 cm³/mol. The van der Waals surface area contributed by atoms with Crippen LogP contribution in [0.2, 0.25) is 0 Å². The molecule has 1 fully saturated rings. The van der Waals surface area contributed by atoms with Crippen LogP contribution in [0.5, 0.6) is 0 Å². The van der Waals surface area contributed by atoms with Gasteiger partial charge in [-0.3, -0.25) is 4.79 Å². The number of carbonyl (C=O) groups is 1. The zero-order valence-electron chi connectivity index (χ0n) is 9.55. The van der Waals surface area contributed by atoms with Crippen molar-refractivity contribution < 1.29 is 18.3 Å². The second-order valence-corrected chi connectivity index (χ2v) is 6.17. The lowest BCUT2D eigenvalue weighted by molar-refractivity contribution is -0.142.